The maximum absolute atomic E-state index is 13.0. The van der Waals surface area contributed by atoms with Crippen molar-refractivity contribution < 1.29 is 73.8 Å². The zero-order chi connectivity index (χ0) is 49.6. The Morgan fingerprint density at radius 3 is 1.29 bits per heavy atom. The molecule has 0 aromatic heterocycles. The van der Waals surface area contributed by atoms with Crippen molar-refractivity contribution in [3.63, 3.8) is 0 Å². The smallest absolute Gasteiger partial charge is 0.306 e. The van der Waals surface area contributed by atoms with Gasteiger partial charge in [0.05, 0.1) is 19.8 Å². The summed E-state index contributed by atoms with van der Waals surface area (Å²) < 4.78 is 33.6. The van der Waals surface area contributed by atoms with Crippen LogP contribution in [-0.4, -0.2) is 142 Å². The summed E-state index contributed by atoms with van der Waals surface area (Å²) >= 11 is 0. The van der Waals surface area contributed by atoms with Gasteiger partial charge >= 0.3 is 11.9 Å². The zero-order valence-corrected chi connectivity index (χ0v) is 42.4. The van der Waals surface area contributed by atoms with Crippen LogP contribution in [0.4, 0.5) is 0 Å². The van der Waals surface area contributed by atoms with E-state index in [1.807, 2.05) is 0 Å². The first kappa shape index (κ1) is 62.4. The number of carbonyl (C=O) groups excluding carboxylic acids is 2. The number of aliphatic hydroxyl groups excluding tert-OH is 7. The SMILES string of the molecule is CCCCCCCCCC/C=C\CCCCCCCCCCCC(=O)OC(COC(=O)CCCCCCCCCCCCC)COC1OC(COC2OC(CO)C(O)C(O)C2O)C(O)C(O)C1O. The summed E-state index contributed by atoms with van der Waals surface area (Å²) in [7, 11) is 0. The molecule has 400 valence electrons. The summed E-state index contributed by atoms with van der Waals surface area (Å²) in [4.78, 5) is 25.8. The lowest BCUT2D eigenvalue weighted by Crippen LogP contribution is -2.61. The van der Waals surface area contributed by atoms with Crippen molar-refractivity contribution in [3.05, 3.63) is 12.2 Å². The fraction of sp³-hybridized carbons (Fsp3) is 0.925. The fourth-order valence-electron chi connectivity index (χ4n) is 8.74. The monoisotopic (exact) mass is 975 g/mol. The molecule has 2 aliphatic heterocycles. The minimum Gasteiger partial charge on any atom is -0.462 e. The molecule has 0 bridgehead atoms. The van der Waals surface area contributed by atoms with Crippen LogP contribution < -0.4 is 0 Å². The highest BCUT2D eigenvalue weighted by atomic mass is 16.7. The normalized spacial score (nSPS) is 25.8. The first-order valence-corrected chi connectivity index (χ1v) is 27.3. The molecule has 15 nitrogen and oxygen atoms in total. The fourth-order valence-corrected chi connectivity index (χ4v) is 8.74. The molecule has 0 radical (unpaired) electrons. The van der Waals surface area contributed by atoms with E-state index in [-0.39, 0.29) is 26.1 Å². The van der Waals surface area contributed by atoms with Crippen molar-refractivity contribution >= 4 is 11.9 Å². The second-order valence-corrected chi connectivity index (χ2v) is 19.4. The minimum atomic E-state index is -1.76. The van der Waals surface area contributed by atoms with E-state index in [4.69, 9.17) is 28.4 Å². The van der Waals surface area contributed by atoms with Gasteiger partial charge in [0.2, 0.25) is 0 Å². The van der Waals surface area contributed by atoms with Gasteiger partial charge in [0.25, 0.3) is 0 Å². The van der Waals surface area contributed by atoms with Crippen LogP contribution in [0.1, 0.15) is 219 Å². The van der Waals surface area contributed by atoms with Crippen LogP contribution >= 0.6 is 0 Å². The molecule has 68 heavy (non-hydrogen) atoms. The molecule has 11 unspecified atom stereocenters. The third-order valence-electron chi connectivity index (χ3n) is 13.2. The number of ether oxygens (including phenoxy) is 6. The number of aliphatic hydroxyl groups is 7. The average Bonchev–Trinajstić information content (AvgIpc) is 3.33. The largest absolute Gasteiger partial charge is 0.462 e. The molecule has 7 N–H and O–H groups in total. The molecule has 2 saturated heterocycles. The van der Waals surface area contributed by atoms with E-state index in [0.29, 0.717) is 12.8 Å². The molecular formula is C53H98O15. The lowest BCUT2D eigenvalue weighted by atomic mass is 9.98. The lowest BCUT2D eigenvalue weighted by Gasteiger charge is -2.42. The number of carbonyl (C=O) groups is 2. The standard InChI is InChI=1S/C53H98O15/c1-3-5-7-9-11-13-15-16-17-18-19-20-21-22-23-24-26-28-30-32-34-36-45(56)66-41(38-63-44(55)35-33-31-29-27-25-14-12-10-8-6-4-2)39-64-52-51(62)49(60)47(58)43(68-52)40-65-53-50(61)48(59)46(57)42(37-54)67-53/h18-19,41-43,46-54,57-62H,3-17,20-40H2,1-2H3/b19-18-. The predicted molar refractivity (Wildman–Crippen MR) is 261 cm³/mol. The molecule has 0 aliphatic carbocycles. The van der Waals surface area contributed by atoms with Gasteiger partial charge in [-0.25, -0.2) is 0 Å². The van der Waals surface area contributed by atoms with Gasteiger partial charge in [0, 0.05) is 12.8 Å². The molecule has 15 heteroatoms. The molecule has 2 heterocycles. The molecule has 2 fully saturated rings. The summed E-state index contributed by atoms with van der Waals surface area (Å²) in [6.45, 7) is 2.61. The van der Waals surface area contributed by atoms with Crippen molar-refractivity contribution in [2.75, 3.05) is 26.4 Å². The van der Waals surface area contributed by atoms with Crippen molar-refractivity contribution in [3.8, 4) is 0 Å². The molecular weight excluding hydrogens is 877 g/mol. The highest BCUT2D eigenvalue weighted by molar-refractivity contribution is 5.70. The van der Waals surface area contributed by atoms with E-state index >= 15 is 0 Å². The number of rotatable bonds is 43. The predicted octanol–water partition coefficient (Wildman–Crippen LogP) is 8.16. The van der Waals surface area contributed by atoms with Gasteiger partial charge in [0.1, 0.15) is 55.4 Å². The Labute approximate surface area is 410 Å². The van der Waals surface area contributed by atoms with Gasteiger partial charge in [-0.05, 0) is 38.5 Å². The van der Waals surface area contributed by atoms with Gasteiger partial charge in [-0.3, -0.25) is 9.59 Å². The Balaban J connectivity index is 1.75. The quantitative estimate of drug-likeness (QED) is 0.0174. The van der Waals surface area contributed by atoms with Crippen molar-refractivity contribution in [2.45, 2.75) is 287 Å². The first-order valence-electron chi connectivity index (χ1n) is 27.3. The van der Waals surface area contributed by atoms with Gasteiger partial charge in [-0.15, -0.1) is 0 Å². The zero-order valence-electron chi connectivity index (χ0n) is 42.4. The van der Waals surface area contributed by atoms with Crippen molar-refractivity contribution in [2.24, 2.45) is 0 Å². The van der Waals surface area contributed by atoms with E-state index in [2.05, 4.69) is 26.0 Å². The number of esters is 2. The summed E-state index contributed by atoms with van der Waals surface area (Å²) in [6.07, 6.45) is 23.9. The Hall–Kier alpha value is -1.76. The number of allylic oxidation sites excluding steroid dienone is 2. The Morgan fingerprint density at radius 1 is 0.456 bits per heavy atom. The van der Waals surface area contributed by atoms with Gasteiger partial charge in [-0.1, -0.05) is 180 Å². The van der Waals surface area contributed by atoms with Crippen LogP contribution in [0.2, 0.25) is 0 Å². The summed E-state index contributed by atoms with van der Waals surface area (Å²) in [5.41, 5.74) is 0. The van der Waals surface area contributed by atoms with Crippen LogP contribution in [0.3, 0.4) is 0 Å². The molecule has 11 atom stereocenters. The number of unbranched alkanes of at least 4 members (excludes halogenated alkanes) is 27. The lowest BCUT2D eigenvalue weighted by molar-refractivity contribution is -0.332. The minimum absolute atomic E-state index is 0.167. The second-order valence-electron chi connectivity index (χ2n) is 19.4. The summed E-state index contributed by atoms with van der Waals surface area (Å²) in [5.74, 6) is -0.917. The van der Waals surface area contributed by atoms with Crippen LogP contribution in [0.25, 0.3) is 0 Å². The topological polar surface area (TPSA) is 231 Å². The van der Waals surface area contributed by atoms with E-state index in [0.717, 1.165) is 38.5 Å². The molecule has 0 spiro atoms. The Morgan fingerprint density at radius 2 is 0.838 bits per heavy atom. The van der Waals surface area contributed by atoms with Gasteiger partial charge in [0.15, 0.2) is 18.7 Å². The molecule has 0 saturated carbocycles. The maximum Gasteiger partial charge on any atom is 0.306 e. The third kappa shape index (κ3) is 28.3. The number of hydrogen-bond donors (Lipinski definition) is 7. The number of hydrogen-bond acceptors (Lipinski definition) is 15. The van der Waals surface area contributed by atoms with Crippen LogP contribution in [0.5, 0.6) is 0 Å². The molecule has 0 aromatic carbocycles. The van der Waals surface area contributed by atoms with Crippen LogP contribution in [-0.2, 0) is 38.0 Å². The molecule has 0 amide bonds. The summed E-state index contributed by atoms with van der Waals surface area (Å²) in [6, 6.07) is 0. The van der Waals surface area contributed by atoms with E-state index in [1.165, 1.54) is 141 Å². The van der Waals surface area contributed by atoms with Crippen LogP contribution in [0, 0.1) is 0 Å². The summed E-state index contributed by atoms with van der Waals surface area (Å²) in [5, 5.41) is 72.1. The average molecular weight is 975 g/mol. The van der Waals surface area contributed by atoms with Crippen molar-refractivity contribution in [1.82, 2.24) is 0 Å². The highest BCUT2D eigenvalue weighted by Crippen LogP contribution is 2.27. The first-order chi connectivity index (χ1) is 33.0. The van der Waals surface area contributed by atoms with E-state index in [1.54, 1.807) is 0 Å². The van der Waals surface area contributed by atoms with Crippen LogP contribution in [0.15, 0.2) is 12.2 Å². The maximum atomic E-state index is 13.0. The second kappa shape index (κ2) is 40.8. The van der Waals surface area contributed by atoms with Crippen molar-refractivity contribution in [1.29, 1.82) is 0 Å². The van der Waals surface area contributed by atoms with E-state index in [9.17, 15) is 45.3 Å². The third-order valence-corrected chi connectivity index (χ3v) is 13.2. The molecule has 0 aromatic rings. The van der Waals surface area contributed by atoms with E-state index < -0.39 is 92.7 Å². The Kier molecular flexibility index (Phi) is 37.4. The van der Waals surface area contributed by atoms with Gasteiger partial charge < -0.3 is 64.2 Å². The molecule has 2 rings (SSSR count). The van der Waals surface area contributed by atoms with Gasteiger partial charge in [-0.2, -0.15) is 0 Å². The molecule has 2 aliphatic rings. The highest BCUT2D eigenvalue weighted by Gasteiger charge is 2.47. The Bertz CT molecular complexity index is 1240.